The topological polar surface area (TPSA) is 67.5 Å². The SMILES string of the molecule is COCC(CCCN)NCC1(CO)CCCCC1. The zero-order valence-corrected chi connectivity index (χ0v) is 11.8. The smallest absolute Gasteiger partial charge is 0.0615 e. The molecule has 1 atom stereocenters. The molecule has 18 heavy (non-hydrogen) atoms. The summed E-state index contributed by atoms with van der Waals surface area (Å²) in [5, 5.41) is 13.2. The number of hydrogen-bond acceptors (Lipinski definition) is 4. The molecule has 108 valence electrons. The minimum absolute atomic E-state index is 0.104. The van der Waals surface area contributed by atoms with Crippen molar-refractivity contribution in [1.82, 2.24) is 5.32 Å². The highest BCUT2D eigenvalue weighted by atomic mass is 16.5. The van der Waals surface area contributed by atoms with Crippen LogP contribution in [-0.2, 0) is 4.74 Å². The summed E-state index contributed by atoms with van der Waals surface area (Å²) in [6.07, 6.45) is 8.18. The summed E-state index contributed by atoms with van der Waals surface area (Å²) in [5.41, 5.74) is 5.66. The van der Waals surface area contributed by atoms with Gasteiger partial charge in [0.1, 0.15) is 0 Å². The molecule has 4 heteroatoms. The van der Waals surface area contributed by atoms with E-state index in [2.05, 4.69) is 5.32 Å². The molecule has 0 aromatic rings. The minimum atomic E-state index is 0.104. The van der Waals surface area contributed by atoms with Crippen LogP contribution in [0.1, 0.15) is 44.9 Å². The van der Waals surface area contributed by atoms with E-state index >= 15 is 0 Å². The fourth-order valence-corrected chi connectivity index (χ4v) is 2.86. The first-order valence-corrected chi connectivity index (χ1v) is 7.29. The van der Waals surface area contributed by atoms with Gasteiger partial charge in [-0.2, -0.15) is 0 Å². The van der Waals surface area contributed by atoms with Gasteiger partial charge in [-0.05, 0) is 32.2 Å². The Balaban J connectivity index is 2.37. The van der Waals surface area contributed by atoms with Crippen LogP contribution in [0.3, 0.4) is 0 Å². The quantitative estimate of drug-likeness (QED) is 0.583. The summed E-state index contributed by atoms with van der Waals surface area (Å²) in [6, 6.07) is 0.365. The summed E-state index contributed by atoms with van der Waals surface area (Å²) >= 11 is 0. The van der Waals surface area contributed by atoms with E-state index < -0.39 is 0 Å². The molecule has 0 saturated heterocycles. The van der Waals surface area contributed by atoms with Crippen LogP contribution in [0, 0.1) is 5.41 Å². The third-order valence-electron chi connectivity index (χ3n) is 4.14. The summed E-state index contributed by atoms with van der Waals surface area (Å²) in [7, 11) is 1.74. The van der Waals surface area contributed by atoms with Crippen LogP contribution in [0.4, 0.5) is 0 Å². The van der Waals surface area contributed by atoms with E-state index in [9.17, 15) is 5.11 Å². The van der Waals surface area contributed by atoms with Crippen molar-refractivity contribution in [3.8, 4) is 0 Å². The highest BCUT2D eigenvalue weighted by Crippen LogP contribution is 2.35. The van der Waals surface area contributed by atoms with Crippen molar-refractivity contribution in [3.05, 3.63) is 0 Å². The number of aliphatic hydroxyl groups excluding tert-OH is 1. The summed E-state index contributed by atoms with van der Waals surface area (Å²) in [6.45, 7) is 2.66. The van der Waals surface area contributed by atoms with Crippen molar-refractivity contribution in [1.29, 1.82) is 0 Å². The van der Waals surface area contributed by atoms with Crippen LogP contribution >= 0.6 is 0 Å². The molecule has 1 unspecified atom stereocenters. The molecule has 1 aliphatic carbocycles. The zero-order chi connectivity index (χ0) is 13.3. The molecule has 0 radical (unpaired) electrons. The number of hydrogen-bond donors (Lipinski definition) is 3. The van der Waals surface area contributed by atoms with Gasteiger partial charge in [-0.3, -0.25) is 0 Å². The molecule has 0 heterocycles. The third-order valence-corrected chi connectivity index (χ3v) is 4.14. The van der Waals surface area contributed by atoms with E-state index in [-0.39, 0.29) is 5.41 Å². The zero-order valence-electron chi connectivity index (χ0n) is 11.8. The van der Waals surface area contributed by atoms with Crippen molar-refractivity contribution in [2.24, 2.45) is 11.1 Å². The van der Waals surface area contributed by atoms with Crippen LogP contribution in [0.25, 0.3) is 0 Å². The molecule has 0 aromatic carbocycles. The first-order valence-electron chi connectivity index (χ1n) is 7.29. The number of methoxy groups -OCH3 is 1. The Hall–Kier alpha value is -0.160. The largest absolute Gasteiger partial charge is 0.396 e. The molecule has 4 N–H and O–H groups in total. The fraction of sp³-hybridized carbons (Fsp3) is 1.00. The van der Waals surface area contributed by atoms with Gasteiger partial charge in [-0.1, -0.05) is 19.3 Å². The molecular weight excluding hydrogens is 228 g/mol. The molecule has 0 spiro atoms. The van der Waals surface area contributed by atoms with Crippen molar-refractivity contribution in [3.63, 3.8) is 0 Å². The Morgan fingerprint density at radius 1 is 1.33 bits per heavy atom. The number of ether oxygens (including phenoxy) is 1. The molecule has 1 saturated carbocycles. The lowest BCUT2D eigenvalue weighted by atomic mass is 9.74. The highest BCUT2D eigenvalue weighted by molar-refractivity contribution is 4.85. The van der Waals surface area contributed by atoms with Gasteiger partial charge in [-0.15, -0.1) is 0 Å². The average molecular weight is 258 g/mol. The summed E-state index contributed by atoms with van der Waals surface area (Å²) in [5.74, 6) is 0. The van der Waals surface area contributed by atoms with Gasteiger partial charge in [0.2, 0.25) is 0 Å². The predicted octanol–water partition coefficient (Wildman–Crippen LogP) is 1.27. The average Bonchev–Trinajstić information content (AvgIpc) is 2.43. The Labute approximate surface area is 111 Å². The Kier molecular flexibility index (Phi) is 7.82. The second-order valence-corrected chi connectivity index (χ2v) is 5.68. The van der Waals surface area contributed by atoms with Crippen LogP contribution in [0.5, 0.6) is 0 Å². The lowest BCUT2D eigenvalue weighted by Gasteiger charge is -2.37. The van der Waals surface area contributed by atoms with Crippen LogP contribution in [0.15, 0.2) is 0 Å². The third kappa shape index (κ3) is 5.22. The molecule has 1 aliphatic rings. The van der Waals surface area contributed by atoms with Crippen molar-refractivity contribution >= 4 is 0 Å². The first kappa shape index (κ1) is 15.9. The van der Waals surface area contributed by atoms with Gasteiger partial charge in [0.05, 0.1) is 6.61 Å². The second kappa shape index (κ2) is 8.86. The van der Waals surface area contributed by atoms with Gasteiger partial charge in [0, 0.05) is 31.7 Å². The first-order chi connectivity index (χ1) is 8.76. The normalized spacial score (nSPS) is 20.8. The van der Waals surface area contributed by atoms with E-state index in [1.54, 1.807) is 7.11 Å². The highest BCUT2D eigenvalue weighted by Gasteiger charge is 2.31. The van der Waals surface area contributed by atoms with Gasteiger partial charge in [0.15, 0.2) is 0 Å². The van der Waals surface area contributed by atoms with Crippen LogP contribution in [0.2, 0.25) is 0 Å². The van der Waals surface area contributed by atoms with Crippen molar-refractivity contribution in [2.45, 2.75) is 51.0 Å². The van der Waals surface area contributed by atoms with Gasteiger partial charge >= 0.3 is 0 Å². The fourth-order valence-electron chi connectivity index (χ4n) is 2.86. The molecule has 0 bridgehead atoms. The van der Waals surface area contributed by atoms with Gasteiger partial charge < -0.3 is 20.9 Å². The standard InChI is InChI=1S/C14H30N2O2/c1-18-10-13(6-5-9-15)16-11-14(12-17)7-3-2-4-8-14/h13,16-17H,2-12,15H2,1H3. The molecule has 1 fully saturated rings. The van der Waals surface area contributed by atoms with E-state index in [0.717, 1.165) is 45.4 Å². The molecular formula is C14H30N2O2. The summed E-state index contributed by atoms with van der Waals surface area (Å²) in [4.78, 5) is 0. The Bertz CT molecular complexity index is 206. The van der Waals surface area contributed by atoms with Gasteiger partial charge in [0.25, 0.3) is 0 Å². The predicted molar refractivity (Wildman–Crippen MR) is 74.6 cm³/mol. The number of rotatable bonds is 9. The maximum absolute atomic E-state index is 9.67. The molecule has 0 aromatic heterocycles. The van der Waals surface area contributed by atoms with E-state index in [1.165, 1.54) is 19.3 Å². The maximum atomic E-state index is 9.67. The monoisotopic (exact) mass is 258 g/mol. The van der Waals surface area contributed by atoms with E-state index in [4.69, 9.17) is 10.5 Å². The van der Waals surface area contributed by atoms with Crippen molar-refractivity contribution < 1.29 is 9.84 Å². The second-order valence-electron chi connectivity index (χ2n) is 5.68. The van der Waals surface area contributed by atoms with E-state index in [0.29, 0.717) is 12.6 Å². The lowest BCUT2D eigenvalue weighted by Crippen LogP contribution is -2.44. The molecule has 0 amide bonds. The minimum Gasteiger partial charge on any atom is -0.396 e. The van der Waals surface area contributed by atoms with E-state index in [1.807, 2.05) is 0 Å². The summed E-state index contributed by atoms with van der Waals surface area (Å²) < 4.78 is 5.24. The van der Waals surface area contributed by atoms with Gasteiger partial charge in [-0.25, -0.2) is 0 Å². The lowest BCUT2D eigenvalue weighted by molar-refractivity contribution is 0.0712. The maximum Gasteiger partial charge on any atom is 0.0615 e. The number of nitrogens with one attached hydrogen (secondary N) is 1. The Morgan fingerprint density at radius 3 is 2.61 bits per heavy atom. The van der Waals surface area contributed by atoms with Crippen molar-refractivity contribution in [2.75, 3.05) is 33.4 Å². The molecule has 1 rings (SSSR count). The number of aliphatic hydroxyl groups is 1. The molecule has 0 aliphatic heterocycles. The Morgan fingerprint density at radius 2 is 2.06 bits per heavy atom. The molecule has 4 nitrogen and oxygen atoms in total. The van der Waals surface area contributed by atoms with Crippen LogP contribution < -0.4 is 11.1 Å². The van der Waals surface area contributed by atoms with Crippen LogP contribution in [-0.4, -0.2) is 44.6 Å². The number of nitrogens with two attached hydrogens (primary N) is 1.